The molecular weight excluding hydrogens is 368 g/mol. The molecule has 7 nitrogen and oxygen atoms in total. The molecule has 2 amide bonds. The Bertz CT molecular complexity index is 1130. The number of fused-ring (bicyclic) bond motifs is 1. The van der Waals surface area contributed by atoms with E-state index in [9.17, 15) is 9.59 Å². The molecule has 4 heterocycles. The third-order valence-corrected chi connectivity index (χ3v) is 6.53. The van der Waals surface area contributed by atoms with Gasteiger partial charge in [-0.05, 0) is 11.6 Å². The van der Waals surface area contributed by atoms with E-state index in [0.29, 0.717) is 31.6 Å². The Labute approximate surface area is 167 Å². The highest BCUT2D eigenvalue weighted by molar-refractivity contribution is 6.05. The first-order valence-corrected chi connectivity index (χ1v) is 9.95. The molecule has 3 fully saturated rings. The van der Waals surface area contributed by atoms with Crippen molar-refractivity contribution in [3.8, 4) is 0 Å². The zero-order chi connectivity index (χ0) is 19.6. The molecular formula is C22H20N4O3. The summed E-state index contributed by atoms with van der Waals surface area (Å²) in [5, 5.41) is 7.99. The molecule has 0 radical (unpaired) electrons. The average molecular weight is 388 g/mol. The summed E-state index contributed by atoms with van der Waals surface area (Å²) in [7, 11) is 0. The van der Waals surface area contributed by atoms with Crippen LogP contribution in [-0.4, -0.2) is 56.7 Å². The van der Waals surface area contributed by atoms with Gasteiger partial charge in [-0.25, -0.2) is 0 Å². The number of likely N-dealkylation sites (tertiary alicyclic amines) is 1. The summed E-state index contributed by atoms with van der Waals surface area (Å²) in [6, 6.07) is 17.3. The van der Waals surface area contributed by atoms with Crippen LogP contribution in [0.1, 0.15) is 35.0 Å². The van der Waals surface area contributed by atoms with Gasteiger partial charge in [0.05, 0.1) is 24.5 Å². The van der Waals surface area contributed by atoms with E-state index in [1.807, 2.05) is 59.5 Å². The minimum absolute atomic E-state index is 0.0535. The molecule has 3 aliphatic heterocycles. The first kappa shape index (κ1) is 16.7. The van der Waals surface area contributed by atoms with Crippen molar-refractivity contribution >= 4 is 22.7 Å². The fourth-order valence-electron chi connectivity index (χ4n) is 5.17. The number of hydrogen-bond acceptors (Lipinski definition) is 4. The Morgan fingerprint density at radius 2 is 1.93 bits per heavy atom. The topological polar surface area (TPSA) is 78.5 Å². The highest BCUT2D eigenvalue weighted by Crippen LogP contribution is 2.50. The molecule has 2 aromatic carbocycles. The van der Waals surface area contributed by atoms with E-state index in [1.165, 1.54) is 0 Å². The predicted molar refractivity (Wildman–Crippen MR) is 105 cm³/mol. The van der Waals surface area contributed by atoms with Gasteiger partial charge >= 0.3 is 0 Å². The number of aromatic amines is 1. The van der Waals surface area contributed by atoms with Crippen molar-refractivity contribution in [3.63, 3.8) is 0 Å². The van der Waals surface area contributed by atoms with Crippen LogP contribution < -0.4 is 0 Å². The minimum Gasteiger partial charge on any atom is -0.343 e. The minimum atomic E-state index is -0.723. The molecule has 1 spiro atoms. The largest absolute Gasteiger partial charge is 0.343 e. The van der Waals surface area contributed by atoms with Crippen LogP contribution in [-0.2, 0) is 9.53 Å². The van der Waals surface area contributed by atoms with Crippen LogP contribution in [0.3, 0.4) is 0 Å². The number of carbonyl (C=O) groups is 2. The molecule has 0 unspecified atom stereocenters. The molecule has 146 valence electrons. The smallest absolute Gasteiger partial charge is 0.275 e. The molecule has 0 aliphatic carbocycles. The van der Waals surface area contributed by atoms with Gasteiger partial charge in [0.1, 0.15) is 6.10 Å². The summed E-state index contributed by atoms with van der Waals surface area (Å²) in [5.74, 6) is -0.0939. The number of rotatable bonds is 2. The van der Waals surface area contributed by atoms with E-state index in [2.05, 4.69) is 10.2 Å². The number of hydrogen-bond donors (Lipinski definition) is 1. The van der Waals surface area contributed by atoms with E-state index >= 15 is 0 Å². The second kappa shape index (κ2) is 5.90. The lowest BCUT2D eigenvalue weighted by Crippen LogP contribution is -2.48. The molecule has 3 aromatic rings. The average Bonchev–Trinajstić information content (AvgIpc) is 3.48. The van der Waals surface area contributed by atoms with Crippen molar-refractivity contribution in [1.82, 2.24) is 20.0 Å². The van der Waals surface area contributed by atoms with Crippen LogP contribution in [0, 0.1) is 0 Å². The Morgan fingerprint density at radius 1 is 1.14 bits per heavy atom. The molecule has 0 bridgehead atoms. The van der Waals surface area contributed by atoms with Crippen LogP contribution in [0.2, 0.25) is 0 Å². The molecule has 7 heteroatoms. The van der Waals surface area contributed by atoms with E-state index in [1.54, 1.807) is 4.90 Å². The Balaban J connectivity index is 1.34. The maximum Gasteiger partial charge on any atom is 0.275 e. The summed E-state index contributed by atoms with van der Waals surface area (Å²) < 4.78 is 6.52. The highest BCUT2D eigenvalue weighted by Gasteiger charge is 2.65. The van der Waals surface area contributed by atoms with Gasteiger partial charge in [0.25, 0.3) is 5.91 Å². The molecule has 29 heavy (non-hydrogen) atoms. The number of benzene rings is 2. The summed E-state index contributed by atoms with van der Waals surface area (Å²) in [6.07, 6.45) is 0.764. The molecule has 6 rings (SSSR count). The zero-order valence-corrected chi connectivity index (χ0v) is 15.7. The van der Waals surface area contributed by atoms with Gasteiger partial charge in [-0.3, -0.25) is 14.7 Å². The molecule has 3 aliphatic rings. The summed E-state index contributed by atoms with van der Waals surface area (Å²) >= 11 is 0. The van der Waals surface area contributed by atoms with Gasteiger partial charge < -0.3 is 14.5 Å². The standard InChI is InChI=1S/C22H20N4O3/c27-19-12-18-22(26(19)13-17(29-22)14-6-2-1-3-7-14)10-11-25(18)21(28)20-15-8-4-5-9-16(15)23-24-20/h1-9,17-18H,10-13H2,(H,23,24)/t17-,18-,22+/m1/s1. The zero-order valence-electron chi connectivity index (χ0n) is 15.7. The second-order valence-corrected chi connectivity index (χ2v) is 7.95. The number of nitrogens with zero attached hydrogens (tertiary/aromatic N) is 3. The first-order chi connectivity index (χ1) is 14.2. The Kier molecular flexibility index (Phi) is 3.41. The Hall–Kier alpha value is -3.19. The monoisotopic (exact) mass is 388 g/mol. The lowest BCUT2D eigenvalue weighted by Gasteiger charge is -2.31. The van der Waals surface area contributed by atoms with Crippen LogP contribution in [0.15, 0.2) is 54.6 Å². The van der Waals surface area contributed by atoms with Crippen molar-refractivity contribution in [2.24, 2.45) is 0 Å². The fraction of sp³-hybridized carbons (Fsp3) is 0.318. The van der Waals surface area contributed by atoms with Crippen molar-refractivity contribution < 1.29 is 14.3 Å². The third-order valence-electron chi connectivity index (χ3n) is 6.53. The predicted octanol–water partition coefficient (Wildman–Crippen LogP) is 2.48. The third kappa shape index (κ3) is 2.25. The number of nitrogens with one attached hydrogen (secondary N) is 1. The SMILES string of the molecule is O=C(c1n[nH]c2ccccc12)N1CC[C@@]23O[C@@H](c4ccccc4)CN2C(=O)C[C@@H]13. The van der Waals surface area contributed by atoms with Gasteiger partial charge in [0, 0.05) is 18.4 Å². The van der Waals surface area contributed by atoms with Crippen molar-refractivity contribution in [3.05, 3.63) is 65.9 Å². The number of para-hydroxylation sites is 1. The maximum absolute atomic E-state index is 13.4. The quantitative estimate of drug-likeness (QED) is 0.732. The van der Waals surface area contributed by atoms with Crippen LogP contribution in [0.4, 0.5) is 0 Å². The van der Waals surface area contributed by atoms with Crippen LogP contribution >= 0.6 is 0 Å². The van der Waals surface area contributed by atoms with Gasteiger partial charge in [0.15, 0.2) is 11.4 Å². The summed E-state index contributed by atoms with van der Waals surface area (Å²) in [5.41, 5.74) is 1.57. The Morgan fingerprint density at radius 3 is 2.79 bits per heavy atom. The number of carbonyl (C=O) groups excluding carboxylic acids is 2. The normalized spacial score (nSPS) is 28.2. The van der Waals surface area contributed by atoms with Crippen molar-refractivity contribution in [2.45, 2.75) is 30.7 Å². The van der Waals surface area contributed by atoms with E-state index in [-0.39, 0.29) is 24.0 Å². The highest BCUT2D eigenvalue weighted by atomic mass is 16.5. The van der Waals surface area contributed by atoms with Crippen LogP contribution in [0.5, 0.6) is 0 Å². The van der Waals surface area contributed by atoms with Gasteiger partial charge in [-0.2, -0.15) is 5.10 Å². The van der Waals surface area contributed by atoms with Crippen molar-refractivity contribution in [1.29, 1.82) is 0 Å². The number of ether oxygens (including phenoxy) is 1. The van der Waals surface area contributed by atoms with Gasteiger partial charge in [-0.15, -0.1) is 0 Å². The molecule has 3 atom stereocenters. The van der Waals surface area contributed by atoms with Crippen LogP contribution in [0.25, 0.3) is 10.9 Å². The first-order valence-electron chi connectivity index (χ1n) is 9.95. The van der Waals surface area contributed by atoms with Gasteiger partial charge in [-0.1, -0.05) is 48.5 Å². The number of amides is 2. The number of H-pyrrole nitrogens is 1. The molecule has 1 aromatic heterocycles. The van der Waals surface area contributed by atoms with Crippen molar-refractivity contribution in [2.75, 3.05) is 13.1 Å². The van der Waals surface area contributed by atoms with E-state index in [0.717, 1.165) is 16.5 Å². The van der Waals surface area contributed by atoms with E-state index < -0.39 is 5.72 Å². The molecule has 3 saturated heterocycles. The lowest BCUT2D eigenvalue weighted by molar-refractivity contribution is -0.138. The summed E-state index contributed by atoms with van der Waals surface area (Å²) in [4.78, 5) is 29.8. The van der Waals surface area contributed by atoms with Gasteiger partial charge in [0.2, 0.25) is 5.91 Å². The van der Waals surface area contributed by atoms with E-state index in [4.69, 9.17) is 4.74 Å². The number of aromatic nitrogens is 2. The maximum atomic E-state index is 13.4. The molecule has 1 N–H and O–H groups in total. The fourth-order valence-corrected chi connectivity index (χ4v) is 5.17. The lowest BCUT2D eigenvalue weighted by atomic mass is 10.1. The summed E-state index contributed by atoms with van der Waals surface area (Å²) in [6.45, 7) is 1.09. The second-order valence-electron chi connectivity index (χ2n) is 7.95. The molecule has 0 saturated carbocycles.